The molecule has 0 amide bonds. The molecular formula is C42H51FN8O12P2S3Si. The van der Waals surface area contributed by atoms with Gasteiger partial charge in [0.2, 0.25) is 0 Å². The van der Waals surface area contributed by atoms with Gasteiger partial charge in [0.1, 0.15) is 60.5 Å². The van der Waals surface area contributed by atoms with Crippen molar-refractivity contribution in [3.05, 3.63) is 77.0 Å². The molecule has 2 unspecified atom stereocenters. The highest BCUT2D eigenvalue weighted by molar-refractivity contribution is 8.07. The van der Waals surface area contributed by atoms with Gasteiger partial charge in [-0.2, -0.15) is 5.26 Å². The van der Waals surface area contributed by atoms with Crippen LogP contribution < -0.4 is 5.56 Å². The van der Waals surface area contributed by atoms with Crippen LogP contribution in [-0.4, -0.2) is 122 Å². The van der Waals surface area contributed by atoms with E-state index in [1.807, 2.05) is 39.9 Å². The predicted octanol–water partition coefficient (Wildman–Crippen LogP) is 6.65. The molecule has 8 heterocycles. The average molecular weight is 1070 g/mol. The molecule has 0 aliphatic carbocycles. The van der Waals surface area contributed by atoms with E-state index in [0.29, 0.717) is 11.2 Å². The van der Waals surface area contributed by atoms with E-state index in [4.69, 9.17) is 64.9 Å². The fourth-order valence-electron chi connectivity index (χ4n) is 8.22. The smallest absolute Gasteiger partial charge is 0.338 e. The number of carbonyl (C=O) groups excluding carboxylic acids is 1. The second-order valence-electron chi connectivity index (χ2n) is 18.3. The Hall–Kier alpha value is -3.41. The van der Waals surface area contributed by atoms with Crippen LogP contribution in [0.4, 0.5) is 4.39 Å². The van der Waals surface area contributed by atoms with E-state index in [1.165, 1.54) is 28.1 Å². The SMILES string of the molecule is CC(C)(C)[Si](C)(C)O[C@H]1[C@H]2OP(=S)(OCCC#N)OC[C@H]3O[C@@H](n4cc5c6c(ncnc64)SCCC5)[C@H](F)[C@@H]3OP(O)(=S)OC[C@H]1O[C@H]2n1cnc2c(=O)n(CCOC(=O)c3ccccc3)cnc21. The van der Waals surface area contributed by atoms with Crippen molar-refractivity contribution >= 4 is 85.3 Å². The number of alkyl halides is 1. The van der Waals surface area contributed by atoms with E-state index in [1.54, 1.807) is 52.9 Å². The Labute approximate surface area is 411 Å². The summed E-state index contributed by atoms with van der Waals surface area (Å²) in [6.45, 7) is 0.610. The molecule has 5 aromatic rings. The first-order valence-electron chi connectivity index (χ1n) is 22.2. The van der Waals surface area contributed by atoms with Gasteiger partial charge in [-0.15, -0.1) is 11.8 Å². The maximum Gasteiger partial charge on any atom is 0.338 e. The molecule has 0 radical (unpaired) electrons. The predicted molar refractivity (Wildman–Crippen MR) is 258 cm³/mol. The van der Waals surface area contributed by atoms with Crippen molar-refractivity contribution in [1.29, 1.82) is 5.26 Å². The molecule has 2 bridgehead atoms. The number of esters is 1. The van der Waals surface area contributed by atoms with Crippen LogP contribution in [0.25, 0.3) is 22.2 Å². The van der Waals surface area contributed by atoms with E-state index in [2.05, 4.69) is 19.9 Å². The molecule has 0 spiro atoms. The number of hydrogen-bond acceptors (Lipinski definition) is 19. The number of ether oxygens (including phenoxy) is 3. The average Bonchev–Trinajstić information content (AvgIpc) is 4.03. The van der Waals surface area contributed by atoms with Gasteiger partial charge in [-0.1, -0.05) is 39.0 Å². The number of imidazole rings is 1. The first kappa shape index (κ1) is 50.5. The summed E-state index contributed by atoms with van der Waals surface area (Å²) >= 11 is 13.3. The van der Waals surface area contributed by atoms with Crippen LogP contribution in [0.1, 0.15) is 62.0 Å². The number of fused-ring (bicyclic) bond motifs is 4. The lowest BCUT2D eigenvalue weighted by molar-refractivity contribution is -0.0615. The summed E-state index contributed by atoms with van der Waals surface area (Å²) in [5.41, 5.74) is 1.32. The Morgan fingerprint density at radius 1 is 1.00 bits per heavy atom. The summed E-state index contributed by atoms with van der Waals surface area (Å²) in [6.07, 6.45) is -3.14. The fourth-order valence-corrected chi connectivity index (χ4v) is 14.0. The number of nitrogens with zero attached hydrogens (tertiary/aromatic N) is 8. The number of nitriles is 1. The zero-order valence-corrected chi connectivity index (χ0v) is 43.4. The molecule has 0 saturated carbocycles. The van der Waals surface area contributed by atoms with Gasteiger partial charge in [0.15, 0.2) is 38.1 Å². The summed E-state index contributed by atoms with van der Waals surface area (Å²) in [7, 11) is -2.75. The lowest BCUT2D eigenvalue weighted by Gasteiger charge is -2.41. The summed E-state index contributed by atoms with van der Waals surface area (Å²) in [5.74, 6) is 0.331. The number of aryl methyl sites for hydroxylation is 1. The lowest BCUT2D eigenvalue weighted by atomic mass is 10.1. The monoisotopic (exact) mass is 1060 g/mol. The first-order chi connectivity index (χ1) is 32.9. The highest BCUT2D eigenvalue weighted by Crippen LogP contribution is 2.58. The summed E-state index contributed by atoms with van der Waals surface area (Å²) in [4.78, 5) is 56.2. The Balaban J connectivity index is 1.06. The van der Waals surface area contributed by atoms with Crippen molar-refractivity contribution < 1.29 is 55.3 Å². The van der Waals surface area contributed by atoms with Gasteiger partial charge in [0, 0.05) is 6.20 Å². The number of hydrogen-bond donors (Lipinski definition) is 1. The van der Waals surface area contributed by atoms with Crippen LogP contribution >= 0.6 is 25.2 Å². The summed E-state index contributed by atoms with van der Waals surface area (Å²) < 4.78 is 78.6. The van der Waals surface area contributed by atoms with Gasteiger partial charge in [0.25, 0.3) is 5.56 Å². The minimum absolute atomic E-state index is 0.0107. The maximum atomic E-state index is 17.1. The third kappa shape index (κ3) is 10.5. The van der Waals surface area contributed by atoms with Crippen molar-refractivity contribution in [2.45, 2.75) is 119 Å². The number of halogens is 1. The molecule has 9 rings (SSSR count). The van der Waals surface area contributed by atoms with Crippen molar-refractivity contribution in [3.8, 4) is 6.07 Å². The highest BCUT2D eigenvalue weighted by Gasteiger charge is 2.56. The first-order valence-corrected chi connectivity index (χ1v) is 31.3. The van der Waals surface area contributed by atoms with Crippen molar-refractivity contribution in [3.63, 3.8) is 0 Å². The zero-order chi connectivity index (χ0) is 48.9. The van der Waals surface area contributed by atoms with Gasteiger partial charge < -0.3 is 41.7 Å². The highest BCUT2D eigenvalue weighted by atomic mass is 32.5. The second-order valence-corrected chi connectivity index (χ2v) is 29.9. The Morgan fingerprint density at radius 2 is 1.77 bits per heavy atom. The molecule has 3 fully saturated rings. The molecule has 1 aromatic carbocycles. The Morgan fingerprint density at radius 3 is 2.54 bits per heavy atom. The summed E-state index contributed by atoms with van der Waals surface area (Å²) in [6, 6.07) is 10.5. The number of aromatic nitrogens is 7. The molecule has 69 heavy (non-hydrogen) atoms. The Bertz CT molecular complexity index is 2920. The van der Waals surface area contributed by atoms with Gasteiger partial charge in [0.05, 0.1) is 56.1 Å². The number of carbonyl (C=O) groups is 1. The van der Waals surface area contributed by atoms with Crippen LogP contribution in [0.5, 0.6) is 0 Å². The number of rotatable bonds is 11. The van der Waals surface area contributed by atoms with E-state index < -0.39 is 95.6 Å². The third-order valence-electron chi connectivity index (χ3n) is 12.7. The van der Waals surface area contributed by atoms with Gasteiger partial charge >= 0.3 is 19.4 Å². The molecule has 4 aliphatic heterocycles. The molecule has 1 N–H and O–H groups in total. The molecule has 4 aliphatic rings. The van der Waals surface area contributed by atoms with Gasteiger partial charge in [-0.25, -0.2) is 29.1 Å². The minimum atomic E-state index is -4.33. The van der Waals surface area contributed by atoms with Gasteiger partial charge in [-0.05, 0) is 78.0 Å². The van der Waals surface area contributed by atoms with E-state index >= 15 is 4.39 Å². The normalized spacial score (nSPS) is 29.9. The number of benzene rings is 1. The third-order valence-corrected chi connectivity index (χ3v) is 22.2. The van der Waals surface area contributed by atoms with Crippen molar-refractivity contribution in [1.82, 2.24) is 33.6 Å². The quantitative estimate of drug-likeness (QED) is 0.0480. The van der Waals surface area contributed by atoms with Crippen LogP contribution in [0.2, 0.25) is 18.1 Å². The van der Waals surface area contributed by atoms with Crippen LogP contribution in [0, 0.1) is 11.3 Å². The van der Waals surface area contributed by atoms with Crippen LogP contribution in [-0.2, 0) is 77.8 Å². The lowest BCUT2D eigenvalue weighted by Crippen LogP contribution is -2.50. The molecule has 370 valence electrons. The zero-order valence-electron chi connectivity index (χ0n) is 38.2. The minimum Gasteiger partial charge on any atom is -0.460 e. The molecule has 27 heteroatoms. The standard InChI is InChI=1S/C42H51FN8O12P2S3Si/c1-42(2,3)69(4,5)63-33-28-20-57-64(54,66)61-32-27(59-39(30(32)43)50-19-26-13-9-18-68-37-29(26)35(50)45-22-46-37)21-58-65(67,56-16-10-14-44)62-34(33)40(60-28)51-24-47-31-36(51)48-23-49(38(31)52)15-17-55-41(53)25-11-7-6-8-12-25/h6-8,11-12,19,22-24,27-28,30,32-34,39-40H,9-10,13,15-18,20-21H2,1-5H3,(H,54,66)/t27-,28-,30-,32-,33-,34-,39-,40-,64?,65?/m1/s1. The molecule has 3 saturated heterocycles. The second kappa shape index (κ2) is 20.2. The maximum absolute atomic E-state index is 17.1. The van der Waals surface area contributed by atoms with E-state index in [0.717, 1.165) is 34.6 Å². The molecular weight excluding hydrogens is 1010 g/mol. The fraction of sp³-hybridized carbons (Fsp3) is 0.548. The van der Waals surface area contributed by atoms with Crippen LogP contribution in [0.3, 0.4) is 0 Å². The molecule has 20 nitrogen and oxygen atoms in total. The molecule has 10 atom stereocenters. The van der Waals surface area contributed by atoms with Crippen molar-refractivity contribution in [2.75, 3.05) is 32.2 Å². The van der Waals surface area contributed by atoms with Crippen LogP contribution in [0.15, 0.2) is 65.3 Å². The number of thioether (sulfide) groups is 1. The van der Waals surface area contributed by atoms with Crippen molar-refractivity contribution in [2.24, 2.45) is 0 Å². The summed E-state index contributed by atoms with van der Waals surface area (Å²) in [5, 5.41) is 10.8. The topological polar surface area (TPSA) is 228 Å². The van der Waals surface area contributed by atoms with E-state index in [-0.39, 0.29) is 42.4 Å². The van der Waals surface area contributed by atoms with Gasteiger partial charge in [-0.3, -0.25) is 23.0 Å². The Kier molecular flexibility index (Phi) is 14.8. The molecule has 4 aromatic heterocycles. The van der Waals surface area contributed by atoms with E-state index in [9.17, 15) is 19.7 Å². The largest absolute Gasteiger partial charge is 0.460 e.